The Labute approximate surface area is 128 Å². The SMILES string of the molecule is CC(C)(C)C1CCN(C2CCC(NC3CC3)(C(=O)O)C2)C1. The first kappa shape index (κ1) is 15.3. The Morgan fingerprint density at radius 2 is 1.95 bits per heavy atom. The van der Waals surface area contributed by atoms with E-state index in [2.05, 4.69) is 31.0 Å². The fourth-order valence-electron chi connectivity index (χ4n) is 4.16. The molecule has 120 valence electrons. The summed E-state index contributed by atoms with van der Waals surface area (Å²) in [6.45, 7) is 9.27. The van der Waals surface area contributed by atoms with Gasteiger partial charge in [-0.25, -0.2) is 0 Å². The summed E-state index contributed by atoms with van der Waals surface area (Å²) in [5, 5.41) is 13.1. The molecule has 0 aromatic rings. The Morgan fingerprint density at radius 1 is 1.24 bits per heavy atom. The summed E-state index contributed by atoms with van der Waals surface area (Å²) in [4.78, 5) is 14.4. The molecule has 0 spiro atoms. The molecule has 2 N–H and O–H groups in total. The average molecular weight is 294 g/mol. The van der Waals surface area contributed by atoms with Gasteiger partial charge in [-0.15, -0.1) is 0 Å². The van der Waals surface area contributed by atoms with Crippen LogP contribution in [0.3, 0.4) is 0 Å². The molecule has 3 aliphatic rings. The molecule has 21 heavy (non-hydrogen) atoms. The topological polar surface area (TPSA) is 52.6 Å². The second-order valence-corrected chi connectivity index (χ2v) is 8.55. The van der Waals surface area contributed by atoms with E-state index >= 15 is 0 Å². The second kappa shape index (κ2) is 5.24. The van der Waals surface area contributed by atoms with Gasteiger partial charge < -0.3 is 5.11 Å². The molecule has 4 heteroatoms. The van der Waals surface area contributed by atoms with Crippen LogP contribution in [0.25, 0.3) is 0 Å². The first-order chi connectivity index (χ1) is 9.80. The molecular formula is C17H30N2O2. The van der Waals surface area contributed by atoms with E-state index in [0.29, 0.717) is 17.5 Å². The third-order valence-corrected chi connectivity index (χ3v) is 5.92. The number of rotatable bonds is 4. The first-order valence-corrected chi connectivity index (χ1v) is 8.55. The number of carboxylic acids is 1. The summed E-state index contributed by atoms with van der Waals surface area (Å²) in [7, 11) is 0. The maximum Gasteiger partial charge on any atom is 0.323 e. The number of nitrogens with zero attached hydrogens (tertiary/aromatic N) is 1. The molecule has 0 bridgehead atoms. The highest BCUT2D eigenvalue weighted by atomic mass is 16.4. The number of carbonyl (C=O) groups is 1. The van der Waals surface area contributed by atoms with E-state index in [-0.39, 0.29) is 0 Å². The van der Waals surface area contributed by atoms with Crippen molar-refractivity contribution in [2.75, 3.05) is 13.1 Å². The van der Waals surface area contributed by atoms with Crippen LogP contribution >= 0.6 is 0 Å². The van der Waals surface area contributed by atoms with Crippen molar-refractivity contribution in [3.8, 4) is 0 Å². The fraction of sp³-hybridized carbons (Fsp3) is 0.941. The van der Waals surface area contributed by atoms with Gasteiger partial charge in [-0.1, -0.05) is 20.8 Å². The monoisotopic (exact) mass is 294 g/mol. The zero-order chi connectivity index (χ0) is 15.3. The predicted octanol–water partition coefficient (Wildman–Crippen LogP) is 2.48. The average Bonchev–Trinajstić information content (AvgIpc) is 2.91. The van der Waals surface area contributed by atoms with Crippen LogP contribution in [-0.4, -0.2) is 46.7 Å². The highest BCUT2D eigenvalue weighted by molar-refractivity contribution is 5.79. The minimum absolute atomic E-state index is 0.365. The van der Waals surface area contributed by atoms with Gasteiger partial charge in [0.25, 0.3) is 0 Å². The molecule has 3 atom stereocenters. The van der Waals surface area contributed by atoms with E-state index < -0.39 is 11.5 Å². The van der Waals surface area contributed by atoms with Gasteiger partial charge in [0.1, 0.15) is 5.54 Å². The van der Waals surface area contributed by atoms with Crippen LogP contribution < -0.4 is 5.32 Å². The lowest BCUT2D eigenvalue weighted by Crippen LogP contribution is -2.52. The lowest BCUT2D eigenvalue weighted by atomic mass is 9.80. The molecule has 2 aliphatic carbocycles. The van der Waals surface area contributed by atoms with Crippen LogP contribution in [0.5, 0.6) is 0 Å². The van der Waals surface area contributed by atoms with Gasteiger partial charge >= 0.3 is 5.97 Å². The molecule has 2 saturated carbocycles. The zero-order valence-corrected chi connectivity index (χ0v) is 13.7. The molecule has 0 radical (unpaired) electrons. The third-order valence-electron chi connectivity index (χ3n) is 5.92. The van der Waals surface area contributed by atoms with Crippen LogP contribution in [-0.2, 0) is 4.79 Å². The van der Waals surface area contributed by atoms with Gasteiger partial charge in [0, 0.05) is 18.6 Å². The Morgan fingerprint density at radius 3 is 2.48 bits per heavy atom. The van der Waals surface area contributed by atoms with E-state index in [1.54, 1.807) is 0 Å². The van der Waals surface area contributed by atoms with E-state index in [4.69, 9.17) is 0 Å². The highest BCUT2D eigenvalue weighted by Crippen LogP contribution is 2.40. The summed E-state index contributed by atoms with van der Waals surface area (Å²) in [6, 6.07) is 0.917. The number of aliphatic carboxylic acids is 1. The summed E-state index contributed by atoms with van der Waals surface area (Å²) in [5.74, 6) is 0.109. The fourth-order valence-corrected chi connectivity index (χ4v) is 4.16. The van der Waals surface area contributed by atoms with E-state index in [0.717, 1.165) is 51.1 Å². The van der Waals surface area contributed by atoms with Crippen molar-refractivity contribution in [2.45, 2.75) is 76.9 Å². The minimum atomic E-state index is -0.647. The highest BCUT2D eigenvalue weighted by Gasteiger charge is 2.50. The molecule has 3 unspecified atom stereocenters. The molecule has 0 amide bonds. The number of hydrogen-bond acceptors (Lipinski definition) is 3. The van der Waals surface area contributed by atoms with Gasteiger partial charge in [0.05, 0.1) is 0 Å². The Hall–Kier alpha value is -0.610. The molecule has 0 aromatic heterocycles. The lowest BCUT2D eigenvalue weighted by Gasteiger charge is -2.30. The van der Waals surface area contributed by atoms with Crippen molar-refractivity contribution in [1.82, 2.24) is 10.2 Å². The van der Waals surface area contributed by atoms with Gasteiger partial charge in [-0.2, -0.15) is 0 Å². The molecular weight excluding hydrogens is 264 g/mol. The van der Waals surface area contributed by atoms with Gasteiger partial charge in [0.15, 0.2) is 0 Å². The van der Waals surface area contributed by atoms with Crippen molar-refractivity contribution in [3.05, 3.63) is 0 Å². The number of hydrogen-bond donors (Lipinski definition) is 2. The lowest BCUT2D eigenvalue weighted by molar-refractivity contribution is -0.145. The number of carboxylic acid groups (broad SMARTS) is 1. The summed E-state index contributed by atoms with van der Waals surface area (Å²) in [5.41, 5.74) is -0.283. The zero-order valence-electron chi connectivity index (χ0n) is 13.7. The number of likely N-dealkylation sites (tertiary alicyclic amines) is 1. The normalized spacial score (nSPS) is 38.0. The van der Waals surface area contributed by atoms with Gasteiger partial charge in [-0.3, -0.25) is 15.0 Å². The van der Waals surface area contributed by atoms with Crippen LogP contribution in [0, 0.1) is 11.3 Å². The maximum atomic E-state index is 11.8. The number of nitrogens with one attached hydrogen (secondary N) is 1. The van der Waals surface area contributed by atoms with Crippen molar-refractivity contribution in [2.24, 2.45) is 11.3 Å². The molecule has 4 nitrogen and oxygen atoms in total. The van der Waals surface area contributed by atoms with Crippen molar-refractivity contribution in [3.63, 3.8) is 0 Å². The van der Waals surface area contributed by atoms with Gasteiger partial charge in [-0.05, 0) is 56.4 Å². The quantitative estimate of drug-likeness (QED) is 0.836. The Bertz CT molecular complexity index is 414. The summed E-state index contributed by atoms with van der Waals surface area (Å²) < 4.78 is 0. The van der Waals surface area contributed by atoms with Crippen LogP contribution in [0.2, 0.25) is 0 Å². The van der Waals surface area contributed by atoms with E-state index in [1.807, 2.05) is 0 Å². The minimum Gasteiger partial charge on any atom is -0.480 e. The molecule has 1 saturated heterocycles. The van der Waals surface area contributed by atoms with Crippen molar-refractivity contribution >= 4 is 5.97 Å². The second-order valence-electron chi connectivity index (χ2n) is 8.55. The Balaban J connectivity index is 1.62. The van der Waals surface area contributed by atoms with Crippen LogP contribution in [0.15, 0.2) is 0 Å². The standard InChI is InChI=1S/C17H30N2O2/c1-16(2,3)12-7-9-19(11-12)14-6-8-17(10-14,15(20)21)18-13-4-5-13/h12-14,18H,4-11H2,1-3H3,(H,20,21). The molecule has 1 aliphatic heterocycles. The largest absolute Gasteiger partial charge is 0.480 e. The van der Waals surface area contributed by atoms with Crippen LogP contribution in [0.1, 0.15) is 59.3 Å². The van der Waals surface area contributed by atoms with Gasteiger partial charge in [0.2, 0.25) is 0 Å². The van der Waals surface area contributed by atoms with E-state index in [9.17, 15) is 9.90 Å². The molecule has 1 heterocycles. The molecule has 3 rings (SSSR count). The summed E-state index contributed by atoms with van der Waals surface area (Å²) >= 11 is 0. The van der Waals surface area contributed by atoms with Crippen molar-refractivity contribution < 1.29 is 9.90 Å². The van der Waals surface area contributed by atoms with Crippen LogP contribution in [0.4, 0.5) is 0 Å². The predicted molar refractivity (Wildman–Crippen MR) is 83.3 cm³/mol. The smallest absolute Gasteiger partial charge is 0.323 e. The van der Waals surface area contributed by atoms with E-state index in [1.165, 1.54) is 6.42 Å². The molecule has 0 aromatic carbocycles. The summed E-state index contributed by atoms with van der Waals surface area (Å²) in [6.07, 6.45) is 6.17. The van der Waals surface area contributed by atoms with Crippen molar-refractivity contribution in [1.29, 1.82) is 0 Å². The third kappa shape index (κ3) is 3.11. The maximum absolute atomic E-state index is 11.8. The first-order valence-electron chi connectivity index (χ1n) is 8.55. The molecule has 3 fully saturated rings. The Kier molecular flexibility index (Phi) is 3.81.